The van der Waals surface area contributed by atoms with Gasteiger partial charge in [0, 0.05) is 69.3 Å². The minimum absolute atomic E-state index is 0.681. The predicted molar refractivity (Wildman–Crippen MR) is 432 cm³/mol. The number of nitrogens with zero attached hydrogens (tertiary/aromatic N) is 6. The molecule has 0 amide bonds. The molecular formula is C98H64N6. The number of fused-ring (bicyclic) bond motifs is 5. The van der Waals surface area contributed by atoms with E-state index < -0.39 is 0 Å². The van der Waals surface area contributed by atoms with Crippen molar-refractivity contribution in [2.24, 2.45) is 0 Å². The highest BCUT2D eigenvalue weighted by atomic mass is 14.9. The van der Waals surface area contributed by atoms with E-state index in [1.54, 1.807) is 12.4 Å². The molecule has 0 saturated heterocycles. The molecule has 4 heterocycles. The smallest absolute Gasteiger partial charge is 0.160 e. The normalized spacial score (nSPS) is 11.3. The summed E-state index contributed by atoms with van der Waals surface area (Å²) >= 11 is 0. The summed E-state index contributed by atoms with van der Waals surface area (Å²) in [6, 6.07) is 129. The fourth-order valence-corrected chi connectivity index (χ4v) is 14.9. The molecule has 0 saturated carbocycles. The largest absolute Gasteiger partial charge is 0.264 e. The summed E-state index contributed by atoms with van der Waals surface area (Å²) in [6.45, 7) is 0. The monoisotopic (exact) mass is 1320 g/mol. The standard InChI is InChI=1S/C51H33N3.C47H31N3/c1-2-15-35(16-3-1)47-32-48(37-19-10-18-36(30-37)40-22-13-29-52-33-40)54-51(53-47)39-21-11-20-38(31-39)49-43-24-6-8-26-45(43)50(46-27-9-7-25-44(46)49)42-28-12-17-34-14-4-5-23-41(34)42;1-3-13-32(14-4-1)43-30-44(37-18-11-17-36(29-37)38-19-12-28-48-31-38)50-47(49-43)35-26-24-34(25-27-35)46-41-22-9-7-20-39(41)45(33-15-5-2-6-16-33)40-21-8-10-23-42(40)46/h1-33H;1-31H. The number of aromatic nitrogens is 6. The fourth-order valence-electron chi connectivity index (χ4n) is 14.9. The maximum absolute atomic E-state index is 5.25. The van der Waals surface area contributed by atoms with Crippen LogP contribution in [0.2, 0.25) is 0 Å². The topological polar surface area (TPSA) is 77.3 Å². The first-order chi connectivity index (χ1) is 51.6. The molecule has 19 rings (SSSR count). The van der Waals surface area contributed by atoms with E-state index in [0.29, 0.717) is 11.6 Å². The third-order valence-corrected chi connectivity index (χ3v) is 19.7. The summed E-state index contributed by atoms with van der Waals surface area (Å²) in [5.41, 5.74) is 23.6. The molecule has 0 N–H and O–H groups in total. The zero-order chi connectivity index (χ0) is 69.1. The predicted octanol–water partition coefficient (Wildman–Crippen LogP) is 25.5. The highest BCUT2D eigenvalue weighted by molar-refractivity contribution is 6.24. The Hall–Kier alpha value is -13.9. The number of hydrogen-bond donors (Lipinski definition) is 0. The van der Waals surface area contributed by atoms with Gasteiger partial charge in [-0.3, -0.25) is 9.97 Å². The van der Waals surface area contributed by atoms with Crippen LogP contribution in [-0.4, -0.2) is 29.9 Å². The van der Waals surface area contributed by atoms with Crippen molar-refractivity contribution in [2.45, 2.75) is 0 Å². The van der Waals surface area contributed by atoms with Gasteiger partial charge in [-0.1, -0.05) is 322 Å². The highest BCUT2D eigenvalue weighted by Crippen LogP contribution is 2.48. The van der Waals surface area contributed by atoms with Gasteiger partial charge in [0.05, 0.1) is 22.8 Å². The Morgan fingerprint density at radius 1 is 0.163 bits per heavy atom. The molecule has 0 aliphatic rings. The second kappa shape index (κ2) is 27.6. The van der Waals surface area contributed by atoms with E-state index in [9.17, 15) is 0 Å². The van der Waals surface area contributed by atoms with E-state index in [2.05, 4.69) is 338 Å². The van der Waals surface area contributed by atoms with Gasteiger partial charge < -0.3 is 0 Å². The van der Waals surface area contributed by atoms with Gasteiger partial charge in [-0.05, 0) is 152 Å². The summed E-state index contributed by atoms with van der Waals surface area (Å²) < 4.78 is 0. The van der Waals surface area contributed by atoms with Crippen LogP contribution < -0.4 is 0 Å². The van der Waals surface area contributed by atoms with Crippen molar-refractivity contribution in [2.75, 3.05) is 0 Å². The molecule has 0 radical (unpaired) electrons. The molecule has 0 aliphatic heterocycles. The molecule has 0 fully saturated rings. The number of benzene rings is 15. The van der Waals surface area contributed by atoms with Crippen LogP contribution in [0.4, 0.5) is 0 Å². The molecule has 0 aliphatic carbocycles. The van der Waals surface area contributed by atoms with Gasteiger partial charge in [0.15, 0.2) is 11.6 Å². The van der Waals surface area contributed by atoms with Crippen molar-refractivity contribution in [1.82, 2.24) is 29.9 Å². The zero-order valence-corrected chi connectivity index (χ0v) is 56.6. The van der Waals surface area contributed by atoms with Gasteiger partial charge in [-0.15, -0.1) is 0 Å². The molecule has 6 heteroatoms. The van der Waals surface area contributed by atoms with Crippen molar-refractivity contribution in [3.05, 3.63) is 389 Å². The maximum Gasteiger partial charge on any atom is 0.160 e. The van der Waals surface area contributed by atoms with Crippen molar-refractivity contribution < 1.29 is 0 Å². The third-order valence-electron chi connectivity index (χ3n) is 19.7. The van der Waals surface area contributed by atoms with Gasteiger partial charge in [0.2, 0.25) is 0 Å². The second-order valence-electron chi connectivity index (χ2n) is 26.0. The van der Waals surface area contributed by atoms with Crippen molar-refractivity contribution in [1.29, 1.82) is 0 Å². The van der Waals surface area contributed by atoms with Crippen LogP contribution in [0, 0.1) is 0 Å². The molecule has 104 heavy (non-hydrogen) atoms. The van der Waals surface area contributed by atoms with Gasteiger partial charge in [-0.2, -0.15) is 0 Å². The summed E-state index contributed by atoms with van der Waals surface area (Å²) in [6.07, 6.45) is 7.39. The summed E-state index contributed by atoms with van der Waals surface area (Å²) in [5, 5.41) is 12.3. The Morgan fingerprint density at radius 3 is 0.913 bits per heavy atom. The average molecular weight is 1330 g/mol. The SMILES string of the molecule is c1ccc(-c2cc(-c3cccc(-c4cccnc4)c3)nc(-c3ccc(-c4c5ccccc5c(-c5ccccc5)c5ccccc45)cc3)n2)cc1.c1ccc(-c2cc(-c3cccc(-c4cccnc4)c3)nc(-c3cccc(-c4c5ccccc5c(-c5cccc6ccccc56)c5ccccc45)c3)n2)cc1. The van der Waals surface area contributed by atoms with Crippen LogP contribution in [0.5, 0.6) is 0 Å². The van der Waals surface area contributed by atoms with Gasteiger partial charge in [0.25, 0.3) is 0 Å². The van der Waals surface area contributed by atoms with E-state index in [0.717, 1.165) is 89.5 Å². The third kappa shape index (κ3) is 12.1. The molecule has 19 aromatic rings. The summed E-state index contributed by atoms with van der Waals surface area (Å²) in [7, 11) is 0. The molecule has 15 aromatic carbocycles. The second-order valence-corrected chi connectivity index (χ2v) is 26.0. The molecule has 486 valence electrons. The van der Waals surface area contributed by atoms with Gasteiger partial charge in [0.1, 0.15) is 0 Å². The first-order valence-electron chi connectivity index (χ1n) is 35.1. The Balaban J connectivity index is 0.000000149. The number of rotatable bonds is 12. The molecule has 0 spiro atoms. The maximum atomic E-state index is 5.25. The van der Waals surface area contributed by atoms with Gasteiger partial charge in [-0.25, -0.2) is 19.9 Å². The first kappa shape index (κ1) is 62.3. The van der Waals surface area contributed by atoms with Gasteiger partial charge >= 0.3 is 0 Å². The van der Waals surface area contributed by atoms with Crippen LogP contribution in [0.25, 0.3) is 188 Å². The van der Waals surface area contributed by atoms with E-state index in [1.807, 2.05) is 48.8 Å². The lowest BCUT2D eigenvalue weighted by atomic mass is 9.84. The van der Waals surface area contributed by atoms with E-state index in [-0.39, 0.29) is 0 Å². The van der Waals surface area contributed by atoms with Crippen LogP contribution in [0.1, 0.15) is 0 Å². The Bertz CT molecular complexity index is 6270. The van der Waals surface area contributed by atoms with Crippen LogP contribution >= 0.6 is 0 Å². The van der Waals surface area contributed by atoms with Crippen LogP contribution in [0.15, 0.2) is 389 Å². The van der Waals surface area contributed by atoms with Crippen LogP contribution in [-0.2, 0) is 0 Å². The summed E-state index contributed by atoms with van der Waals surface area (Å²) in [4.78, 5) is 29.4. The number of pyridine rings is 2. The molecule has 0 bridgehead atoms. The Morgan fingerprint density at radius 2 is 0.462 bits per heavy atom. The number of hydrogen-bond acceptors (Lipinski definition) is 6. The first-order valence-corrected chi connectivity index (χ1v) is 35.1. The van der Waals surface area contributed by atoms with Crippen molar-refractivity contribution >= 4 is 53.9 Å². The average Bonchev–Trinajstić information content (AvgIpc) is 0.738. The minimum Gasteiger partial charge on any atom is -0.264 e. The lowest BCUT2D eigenvalue weighted by Gasteiger charge is -2.19. The van der Waals surface area contributed by atoms with E-state index >= 15 is 0 Å². The van der Waals surface area contributed by atoms with Crippen molar-refractivity contribution in [3.63, 3.8) is 0 Å². The Kier molecular flexibility index (Phi) is 16.6. The summed E-state index contributed by atoms with van der Waals surface area (Å²) in [5.74, 6) is 1.37. The quantitative estimate of drug-likeness (QED) is 0.113. The molecule has 0 atom stereocenters. The minimum atomic E-state index is 0.681. The molecule has 6 nitrogen and oxygen atoms in total. The van der Waals surface area contributed by atoms with E-state index in [1.165, 1.54) is 87.2 Å². The molecular weight excluding hydrogens is 1260 g/mol. The Labute approximate surface area is 603 Å². The van der Waals surface area contributed by atoms with Crippen molar-refractivity contribution in [3.8, 4) is 135 Å². The zero-order valence-electron chi connectivity index (χ0n) is 56.6. The van der Waals surface area contributed by atoms with E-state index in [4.69, 9.17) is 19.9 Å². The molecule has 4 aromatic heterocycles. The highest BCUT2D eigenvalue weighted by Gasteiger charge is 2.22. The lowest BCUT2D eigenvalue weighted by molar-refractivity contribution is 1.18. The fraction of sp³-hybridized carbons (Fsp3) is 0. The lowest BCUT2D eigenvalue weighted by Crippen LogP contribution is -1.97. The molecule has 0 unspecified atom stereocenters. The van der Waals surface area contributed by atoms with Crippen LogP contribution in [0.3, 0.4) is 0 Å².